The molecule has 1 saturated carbocycles. The van der Waals surface area contributed by atoms with Crippen LogP contribution in [0.2, 0.25) is 10.0 Å². The number of rotatable bonds is 13. The van der Waals surface area contributed by atoms with Crippen molar-refractivity contribution in [2.24, 2.45) is 0 Å². The average molecular weight is 695 g/mol. The third-order valence-electron chi connectivity index (χ3n) is 8.29. The second-order valence-corrected chi connectivity index (χ2v) is 14.2. The summed E-state index contributed by atoms with van der Waals surface area (Å²) in [6, 6.07) is 28.0. The van der Waals surface area contributed by atoms with Gasteiger partial charge in [0, 0.05) is 29.1 Å². The van der Waals surface area contributed by atoms with Gasteiger partial charge < -0.3 is 15.0 Å². The van der Waals surface area contributed by atoms with E-state index in [9.17, 15) is 18.0 Å². The molecule has 47 heavy (non-hydrogen) atoms. The van der Waals surface area contributed by atoms with Crippen LogP contribution in [0.5, 0.6) is 5.75 Å². The maximum Gasteiger partial charge on any atom is 0.264 e. The SMILES string of the molecule is COc1ccc(Cl)cc1N(CC(=O)N(Cc1ccccc1Cl)[C@H](Cc1ccccc1)C(=O)NC1CCCC1)S(=O)(=O)c1ccccc1. The van der Waals surface area contributed by atoms with Crippen LogP contribution in [0.3, 0.4) is 0 Å². The van der Waals surface area contributed by atoms with Gasteiger partial charge in [0.05, 0.1) is 17.7 Å². The summed E-state index contributed by atoms with van der Waals surface area (Å²) in [4.78, 5) is 30.3. The third kappa shape index (κ3) is 8.46. The molecule has 0 radical (unpaired) electrons. The van der Waals surface area contributed by atoms with E-state index in [2.05, 4.69) is 5.32 Å². The number of carbonyl (C=O) groups excluding carboxylic acids is 2. The fourth-order valence-corrected chi connectivity index (χ4v) is 7.62. The fraction of sp³-hybridized carbons (Fsp3) is 0.278. The molecule has 0 heterocycles. The fourth-order valence-electron chi connectivity index (χ4n) is 5.82. The quantitative estimate of drug-likeness (QED) is 0.164. The number of nitrogens with zero attached hydrogens (tertiary/aromatic N) is 2. The Kier molecular flexibility index (Phi) is 11.4. The molecule has 1 fully saturated rings. The predicted octanol–water partition coefficient (Wildman–Crippen LogP) is 6.90. The molecule has 1 aliphatic rings. The third-order valence-corrected chi connectivity index (χ3v) is 10.7. The number of methoxy groups -OCH3 is 1. The number of amides is 2. The van der Waals surface area contributed by atoms with Crippen LogP contribution in [0.1, 0.15) is 36.8 Å². The molecule has 0 aromatic heterocycles. The van der Waals surface area contributed by atoms with Gasteiger partial charge in [0.2, 0.25) is 11.8 Å². The van der Waals surface area contributed by atoms with Gasteiger partial charge in [-0.2, -0.15) is 0 Å². The van der Waals surface area contributed by atoms with E-state index in [1.807, 2.05) is 30.3 Å². The number of hydrogen-bond acceptors (Lipinski definition) is 5. The highest BCUT2D eigenvalue weighted by molar-refractivity contribution is 7.92. The first-order valence-corrected chi connectivity index (χ1v) is 17.7. The molecule has 8 nitrogen and oxygen atoms in total. The summed E-state index contributed by atoms with van der Waals surface area (Å²) in [6.07, 6.45) is 3.97. The molecule has 1 atom stereocenters. The molecule has 1 N–H and O–H groups in total. The van der Waals surface area contributed by atoms with Crippen molar-refractivity contribution in [3.63, 3.8) is 0 Å². The molecule has 0 saturated heterocycles. The predicted molar refractivity (Wildman–Crippen MR) is 185 cm³/mol. The molecule has 2 amide bonds. The van der Waals surface area contributed by atoms with E-state index < -0.39 is 28.5 Å². The number of sulfonamides is 1. The van der Waals surface area contributed by atoms with Gasteiger partial charge in [0.15, 0.2) is 0 Å². The molecule has 0 aliphatic heterocycles. The van der Waals surface area contributed by atoms with Gasteiger partial charge in [-0.05, 0) is 60.4 Å². The Morgan fingerprint density at radius 3 is 2.19 bits per heavy atom. The van der Waals surface area contributed by atoms with Crippen molar-refractivity contribution in [2.45, 2.75) is 55.6 Å². The summed E-state index contributed by atoms with van der Waals surface area (Å²) < 4.78 is 35.1. The van der Waals surface area contributed by atoms with Crippen LogP contribution >= 0.6 is 23.2 Å². The van der Waals surface area contributed by atoms with Crippen molar-refractivity contribution >= 4 is 50.7 Å². The number of hydrogen-bond donors (Lipinski definition) is 1. The van der Waals surface area contributed by atoms with E-state index in [4.69, 9.17) is 27.9 Å². The zero-order valence-electron chi connectivity index (χ0n) is 26.0. The van der Waals surface area contributed by atoms with Gasteiger partial charge in [-0.15, -0.1) is 0 Å². The summed E-state index contributed by atoms with van der Waals surface area (Å²) in [7, 11) is -2.90. The van der Waals surface area contributed by atoms with Crippen molar-refractivity contribution in [3.05, 3.63) is 124 Å². The van der Waals surface area contributed by atoms with Gasteiger partial charge in [-0.25, -0.2) is 8.42 Å². The van der Waals surface area contributed by atoms with E-state index >= 15 is 0 Å². The first kappa shape index (κ1) is 34.3. The van der Waals surface area contributed by atoms with Crippen LogP contribution in [-0.4, -0.2) is 50.9 Å². The highest BCUT2D eigenvalue weighted by Gasteiger charge is 2.36. The zero-order chi connectivity index (χ0) is 33.4. The highest BCUT2D eigenvalue weighted by Crippen LogP contribution is 2.35. The lowest BCUT2D eigenvalue weighted by molar-refractivity contribution is -0.140. The van der Waals surface area contributed by atoms with Crippen LogP contribution in [0.15, 0.2) is 108 Å². The van der Waals surface area contributed by atoms with Gasteiger partial charge >= 0.3 is 0 Å². The minimum Gasteiger partial charge on any atom is -0.495 e. The molecular formula is C36H37Cl2N3O5S. The Labute approximate surface area is 286 Å². The molecular weight excluding hydrogens is 657 g/mol. The van der Waals surface area contributed by atoms with E-state index in [1.165, 1.54) is 30.2 Å². The molecule has 246 valence electrons. The van der Waals surface area contributed by atoms with E-state index in [0.717, 1.165) is 35.6 Å². The Morgan fingerprint density at radius 1 is 0.894 bits per heavy atom. The number of carbonyl (C=O) groups is 2. The first-order chi connectivity index (χ1) is 22.7. The van der Waals surface area contributed by atoms with Crippen LogP contribution < -0.4 is 14.4 Å². The summed E-state index contributed by atoms with van der Waals surface area (Å²) >= 11 is 13.0. The average Bonchev–Trinajstić information content (AvgIpc) is 3.59. The first-order valence-electron chi connectivity index (χ1n) is 15.5. The standard InChI is InChI=1S/C36H37Cl2N3O5S/c1-46-34-21-20-28(37)23-32(34)41(47(44,45)30-17-6-3-7-18-30)25-35(42)40(24-27-14-8-11-19-31(27)38)33(22-26-12-4-2-5-13-26)36(43)39-29-15-9-10-16-29/h2-8,11-14,17-21,23,29,33H,9-10,15-16,22,24-25H2,1H3,(H,39,43)/t33-/m1/s1. The largest absolute Gasteiger partial charge is 0.495 e. The normalized spacial score (nSPS) is 13.9. The summed E-state index contributed by atoms with van der Waals surface area (Å²) in [5, 5.41) is 3.84. The Morgan fingerprint density at radius 2 is 1.53 bits per heavy atom. The number of nitrogens with one attached hydrogen (secondary N) is 1. The van der Waals surface area contributed by atoms with Gasteiger partial charge in [-0.3, -0.25) is 13.9 Å². The number of anilines is 1. The lowest BCUT2D eigenvalue weighted by Gasteiger charge is -2.34. The molecule has 5 rings (SSSR count). The molecule has 4 aromatic rings. The summed E-state index contributed by atoms with van der Waals surface area (Å²) in [5.41, 5.74) is 1.55. The van der Waals surface area contributed by atoms with Crippen LogP contribution in [0, 0.1) is 0 Å². The molecule has 1 aliphatic carbocycles. The molecule has 11 heteroatoms. The second kappa shape index (κ2) is 15.7. The van der Waals surface area contributed by atoms with E-state index in [1.54, 1.807) is 54.6 Å². The minimum absolute atomic E-state index is 0.00344. The topological polar surface area (TPSA) is 96.0 Å². The van der Waals surface area contributed by atoms with Gasteiger partial charge in [-0.1, -0.05) is 103 Å². The number of benzene rings is 4. The van der Waals surface area contributed by atoms with Crippen molar-refractivity contribution in [3.8, 4) is 5.75 Å². The summed E-state index contributed by atoms with van der Waals surface area (Å²) in [6.45, 7) is -0.666. The van der Waals surface area contributed by atoms with Crippen molar-refractivity contribution in [1.82, 2.24) is 10.2 Å². The monoisotopic (exact) mass is 693 g/mol. The Hall–Kier alpha value is -4.05. The van der Waals surface area contributed by atoms with Crippen molar-refractivity contribution < 1.29 is 22.7 Å². The molecule has 0 unspecified atom stereocenters. The lowest BCUT2D eigenvalue weighted by atomic mass is 10.0. The molecule has 0 spiro atoms. The van der Waals surface area contributed by atoms with E-state index in [-0.39, 0.29) is 46.3 Å². The number of halogens is 2. The maximum absolute atomic E-state index is 14.7. The summed E-state index contributed by atoms with van der Waals surface area (Å²) in [5.74, 6) is -0.702. The van der Waals surface area contributed by atoms with Crippen LogP contribution in [-0.2, 0) is 32.6 Å². The Bertz CT molecular complexity index is 1790. The van der Waals surface area contributed by atoms with Crippen molar-refractivity contribution in [2.75, 3.05) is 18.0 Å². The van der Waals surface area contributed by atoms with Crippen LogP contribution in [0.25, 0.3) is 0 Å². The number of ether oxygens (including phenoxy) is 1. The molecule has 0 bridgehead atoms. The molecule has 4 aromatic carbocycles. The van der Waals surface area contributed by atoms with Crippen LogP contribution in [0.4, 0.5) is 5.69 Å². The second-order valence-electron chi connectivity index (χ2n) is 11.4. The smallest absolute Gasteiger partial charge is 0.264 e. The minimum atomic E-state index is -4.32. The Balaban J connectivity index is 1.61. The highest BCUT2D eigenvalue weighted by atomic mass is 35.5. The van der Waals surface area contributed by atoms with Crippen molar-refractivity contribution in [1.29, 1.82) is 0 Å². The van der Waals surface area contributed by atoms with Gasteiger partial charge in [0.1, 0.15) is 18.3 Å². The van der Waals surface area contributed by atoms with E-state index in [0.29, 0.717) is 10.6 Å². The zero-order valence-corrected chi connectivity index (χ0v) is 28.3. The van der Waals surface area contributed by atoms with Gasteiger partial charge in [0.25, 0.3) is 10.0 Å². The maximum atomic E-state index is 14.7. The lowest BCUT2D eigenvalue weighted by Crippen LogP contribution is -2.54.